The maximum Gasteiger partial charge on any atom is 0.119 e. The summed E-state index contributed by atoms with van der Waals surface area (Å²) in [5.74, 6) is 7.16. The summed E-state index contributed by atoms with van der Waals surface area (Å²) in [6.07, 6.45) is 3.77. The Kier molecular flexibility index (Phi) is 4.04. The van der Waals surface area contributed by atoms with Crippen molar-refractivity contribution in [1.29, 1.82) is 0 Å². The molecule has 16 heavy (non-hydrogen) atoms. The molecule has 3 nitrogen and oxygen atoms in total. The molecule has 0 aromatic heterocycles. The maximum atomic E-state index is 5.79. The number of hydrogen-bond acceptors (Lipinski definition) is 3. The molecule has 1 fully saturated rings. The van der Waals surface area contributed by atoms with Gasteiger partial charge in [-0.1, -0.05) is 24.4 Å². The lowest BCUT2D eigenvalue weighted by Crippen LogP contribution is -2.39. The summed E-state index contributed by atoms with van der Waals surface area (Å²) < 4.78 is 5.64. The van der Waals surface area contributed by atoms with E-state index in [1.54, 1.807) is 0 Å². The van der Waals surface area contributed by atoms with Crippen molar-refractivity contribution in [2.75, 3.05) is 6.61 Å². The number of nitrogens with two attached hydrogens (primary N) is 1. The van der Waals surface area contributed by atoms with Crippen molar-refractivity contribution >= 4 is 11.6 Å². The Morgan fingerprint density at radius 1 is 1.38 bits per heavy atom. The van der Waals surface area contributed by atoms with E-state index in [1.165, 1.54) is 12.8 Å². The molecule has 1 aromatic carbocycles. The Labute approximate surface area is 101 Å². The van der Waals surface area contributed by atoms with Gasteiger partial charge in [0, 0.05) is 5.02 Å². The van der Waals surface area contributed by atoms with Gasteiger partial charge < -0.3 is 4.74 Å². The smallest absolute Gasteiger partial charge is 0.119 e. The summed E-state index contributed by atoms with van der Waals surface area (Å²) in [5, 5.41) is 0.721. The molecule has 0 saturated heterocycles. The fourth-order valence-corrected chi connectivity index (χ4v) is 1.79. The van der Waals surface area contributed by atoms with Crippen molar-refractivity contribution in [3.05, 3.63) is 29.3 Å². The summed E-state index contributed by atoms with van der Waals surface area (Å²) >= 11 is 5.79. The van der Waals surface area contributed by atoms with Crippen molar-refractivity contribution in [2.45, 2.75) is 25.3 Å². The highest BCUT2D eigenvalue weighted by Crippen LogP contribution is 2.33. The van der Waals surface area contributed by atoms with Crippen LogP contribution in [-0.2, 0) is 0 Å². The minimum absolute atomic E-state index is 0.239. The SMILES string of the molecule is NNC(COc1ccc(Cl)cc1)CC1CC1. The first kappa shape index (κ1) is 11.7. The Morgan fingerprint density at radius 2 is 2.06 bits per heavy atom. The molecule has 3 N–H and O–H groups in total. The molecule has 0 bridgehead atoms. The average molecular weight is 241 g/mol. The lowest BCUT2D eigenvalue weighted by molar-refractivity contribution is 0.253. The van der Waals surface area contributed by atoms with Gasteiger partial charge in [-0.05, 0) is 36.6 Å². The fourth-order valence-electron chi connectivity index (χ4n) is 1.67. The molecule has 1 saturated carbocycles. The molecule has 0 amide bonds. The zero-order chi connectivity index (χ0) is 11.4. The van der Waals surface area contributed by atoms with E-state index in [0.717, 1.165) is 23.1 Å². The third kappa shape index (κ3) is 3.67. The highest BCUT2D eigenvalue weighted by Gasteiger charge is 2.25. The Hall–Kier alpha value is -0.770. The molecule has 1 aliphatic rings. The molecule has 0 heterocycles. The van der Waals surface area contributed by atoms with Crippen LogP contribution in [0.15, 0.2) is 24.3 Å². The van der Waals surface area contributed by atoms with E-state index in [2.05, 4.69) is 5.43 Å². The number of halogens is 1. The van der Waals surface area contributed by atoms with Crippen LogP contribution < -0.4 is 16.0 Å². The highest BCUT2D eigenvalue weighted by atomic mass is 35.5. The second-order valence-electron chi connectivity index (χ2n) is 4.31. The molecule has 1 aliphatic carbocycles. The molecule has 4 heteroatoms. The predicted molar refractivity (Wildman–Crippen MR) is 65.4 cm³/mol. The van der Waals surface area contributed by atoms with Crippen LogP contribution in [0.5, 0.6) is 5.75 Å². The number of benzene rings is 1. The van der Waals surface area contributed by atoms with E-state index in [-0.39, 0.29) is 6.04 Å². The quantitative estimate of drug-likeness (QED) is 0.593. The van der Waals surface area contributed by atoms with Gasteiger partial charge in [0.05, 0.1) is 6.04 Å². The van der Waals surface area contributed by atoms with Gasteiger partial charge in [-0.2, -0.15) is 0 Å². The Morgan fingerprint density at radius 3 is 2.62 bits per heavy atom. The molecule has 0 spiro atoms. The van der Waals surface area contributed by atoms with Crippen LogP contribution in [0.25, 0.3) is 0 Å². The van der Waals surface area contributed by atoms with Crippen molar-refractivity contribution in [1.82, 2.24) is 5.43 Å². The third-order valence-corrected chi connectivity index (χ3v) is 3.07. The average Bonchev–Trinajstić information content (AvgIpc) is 3.10. The first-order valence-electron chi connectivity index (χ1n) is 5.62. The van der Waals surface area contributed by atoms with Gasteiger partial charge >= 0.3 is 0 Å². The van der Waals surface area contributed by atoms with Gasteiger partial charge in [0.25, 0.3) is 0 Å². The van der Waals surface area contributed by atoms with Crippen LogP contribution >= 0.6 is 11.6 Å². The summed E-state index contributed by atoms with van der Waals surface area (Å²) in [5.41, 5.74) is 2.80. The lowest BCUT2D eigenvalue weighted by atomic mass is 10.1. The van der Waals surface area contributed by atoms with Gasteiger partial charge in [0.1, 0.15) is 12.4 Å². The van der Waals surface area contributed by atoms with Crippen LogP contribution in [0, 0.1) is 5.92 Å². The van der Waals surface area contributed by atoms with Crippen LogP contribution in [-0.4, -0.2) is 12.6 Å². The zero-order valence-corrected chi connectivity index (χ0v) is 9.91. The minimum Gasteiger partial charge on any atom is -0.492 e. The van der Waals surface area contributed by atoms with Gasteiger partial charge in [0.2, 0.25) is 0 Å². The largest absolute Gasteiger partial charge is 0.492 e. The number of rotatable bonds is 6. The molecule has 88 valence electrons. The van der Waals surface area contributed by atoms with E-state index in [4.69, 9.17) is 22.2 Å². The van der Waals surface area contributed by atoms with Crippen LogP contribution in [0.1, 0.15) is 19.3 Å². The third-order valence-electron chi connectivity index (χ3n) is 2.82. The van der Waals surface area contributed by atoms with Crippen molar-refractivity contribution < 1.29 is 4.74 Å². The summed E-state index contributed by atoms with van der Waals surface area (Å²) in [4.78, 5) is 0. The first-order chi connectivity index (χ1) is 7.78. The van der Waals surface area contributed by atoms with Gasteiger partial charge in [-0.25, -0.2) is 0 Å². The maximum absolute atomic E-state index is 5.79. The second-order valence-corrected chi connectivity index (χ2v) is 4.74. The van der Waals surface area contributed by atoms with Gasteiger partial charge in [-0.15, -0.1) is 0 Å². The molecule has 2 rings (SSSR count). The Balaban J connectivity index is 1.77. The van der Waals surface area contributed by atoms with Crippen molar-refractivity contribution in [3.63, 3.8) is 0 Å². The molecule has 0 aliphatic heterocycles. The standard InChI is InChI=1S/C12H17ClN2O/c13-10-3-5-12(6-4-10)16-8-11(15-14)7-9-1-2-9/h3-6,9,11,15H,1-2,7-8,14H2. The topological polar surface area (TPSA) is 47.3 Å². The number of hydrazine groups is 1. The van der Waals surface area contributed by atoms with Crippen LogP contribution in [0.3, 0.4) is 0 Å². The highest BCUT2D eigenvalue weighted by molar-refractivity contribution is 6.30. The molecule has 1 unspecified atom stereocenters. The van der Waals surface area contributed by atoms with E-state index in [1.807, 2.05) is 24.3 Å². The molecule has 1 aromatic rings. The van der Waals surface area contributed by atoms with E-state index in [0.29, 0.717) is 6.61 Å². The second kappa shape index (κ2) is 5.53. The number of ether oxygens (including phenoxy) is 1. The number of hydrogen-bond donors (Lipinski definition) is 2. The predicted octanol–water partition coefficient (Wildman–Crippen LogP) is 2.35. The summed E-state index contributed by atoms with van der Waals surface area (Å²) in [6, 6.07) is 7.62. The molecular formula is C12H17ClN2O. The van der Waals surface area contributed by atoms with Gasteiger partial charge in [-0.3, -0.25) is 11.3 Å². The van der Waals surface area contributed by atoms with Crippen molar-refractivity contribution in [2.24, 2.45) is 11.8 Å². The van der Waals surface area contributed by atoms with Crippen LogP contribution in [0.2, 0.25) is 5.02 Å². The fraction of sp³-hybridized carbons (Fsp3) is 0.500. The van der Waals surface area contributed by atoms with Gasteiger partial charge in [0.15, 0.2) is 0 Å². The molecule has 0 radical (unpaired) electrons. The van der Waals surface area contributed by atoms with Crippen molar-refractivity contribution in [3.8, 4) is 5.75 Å². The summed E-state index contributed by atoms with van der Waals surface area (Å²) in [6.45, 7) is 0.606. The van der Waals surface area contributed by atoms with E-state index >= 15 is 0 Å². The van der Waals surface area contributed by atoms with E-state index in [9.17, 15) is 0 Å². The van der Waals surface area contributed by atoms with E-state index < -0.39 is 0 Å². The Bertz CT molecular complexity index is 324. The number of nitrogens with one attached hydrogen (secondary N) is 1. The summed E-state index contributed by atoms with van der Waals surface area (Å²) in [7, 11) is 0. The minimum atomic E-state index is 0.239. The first-order valence-corrected chi connectivity index (χ1v) is 6.00. The molecule has 1 atom stereocenters. The molecular weight excluding hydrogens is 224 g/mol. The zero-order valence-electron chi connectivity index (χ0n) is 9.16. The van der Waals surface area contributed by atoms with Crippen LogP contribution in [0.4, 0.5) is 0 Å². The monoisotopic (exact) mass is 240 g/mol. The lowest BCUT2D eigenvalue weighted by Gasteiger charge is -2.16. The normalized spacial score (nSPS) is 17.1.